The van der Waals surface area contributed by atoms with Crippen LogP contribution in [0.4, 0.5) is 0 Å². The highest BCUT2D eigenvalue weighted by Crippen LogP contribution is 2.20. The van der Waals surface area contributed by atoms with E-state index in [2.05, 4.69) is 31.0 Å². The molecule has 0 spiro atoms. The van der Waals surface area contributed by atoms with Gasteiger partial charge in [0.25, 0.3) is 0 Å². The average Bonchev–Trinajstić information content (AvgIpc) is 2.86. The molecule has 0 saturated carbocycles. The minimum Gasteiger partial charge on any atom is -0.345 e. The van der Waals surface area contributed by atoms with E-state index in [1.54, 1.807) is 0 Å². The van der Waals surface area contributed by atoms with Gasteiger partial charge < -0.3 is 5.11 Å². The van der Waals surface area contributed by atoms with E-state index < -0.39 is 0 Å². The lowest BCUT2D eigenvalue weighted by Gasteiger charge is -2.35. The molecule has 1 heterocycles. The van der Waals surface area contributed by atoms with Gasteiger partial charge >= 0.3 is 0 Å². The second-order valence-corrected chi connectivity index (χ2v) is 5.90. The summed E-state index contributed by atoms with van der Waals surface area (Å²) in [6.45, 7) is 8.96. The monoisotopic (exact) mass is 281 g/mol. The van der Waals surface area contributed by atoms with Crippen molar-refractivity contribution in [2.45, 2.75) is 71.9 Å². The summed E-state index contributed by atoms with van der Waals surface area (Å²) in [6.07, 6.45) is 13.2. The first kappa shape index (κ1) is 17.4. The highest BCUT2D eigenvalue weighted by molar-refractivity contribution is 5.88. The number of hydrogen-bond acceptors (Lipinski definition) is 2. The molecule has 1 aliphatic heterocycles. The summed E-state index contributed by atoms with van der Waals surface area (Å²) in [5.74, 6) is 1.06. The van der Waals surface area contributed by atoms with E-state index in [0.29, 0.717) is 4.48 Å². The maximum absolute atomic E-state index is 10.1. The van der Waals surface area contributed by atoms with Crippen molar-refractivity contribution in [3.05, 3.63) is 12.2 Å². The predicted molar refractivity (Wildman–Crippen MR) is 86.8 cm³/mol. The summed E-state index contributed by atoms with van der Waals surface area (Å²) < 4.78 is 0.632. The first-order valence-electron chi connectivity index (χ1n) is 8.43. The third-order valence-electron chi connectivity index (χ3n) is 4.50. The van der Waals surface area contributed by atoms with Crippen LogP contribution in [-0.4, -0.2) is 41.3 Å². The van der Waals surface area contributed by atoms with Gasteiger partial charge in [0.1, 0.15) is 6.54 Å². The zero-order chi connectivity index (χ0) is 14.8. The Morgan fingerprint density at radius 2 is 1.90 bits per heavy atom. The van der Waals surface area contributed by atoms with Crippen LogP contribution in [0.1, 0.15) is 65.7 Å². The maximum atomic E-state index is 10.1. The van der Waals surface area contributed by atoms with E-state index in [4.69, 9.17) is 0 Å². The molecule has 116 valence electrons. The van der Waals surface area contributed by atoms with Crippen LogP contribution in [0.5, 0.6) is 0 Å². The van der Waals surface area contributed by atoms with Gasteiger partial charge in [0, 0.05) is 13.0 Å². The number of amidine groups is 1. The SMILES string of the molecule is CCCCCCCC/C=C/C1=NCC[N+]1(CC)C(C)O. The molecular formula is C17H33N2O+. The Labute approximate surface area is 125 Å². The van der Waals surface area contributed by atoms with Crippen LogP contribution < -0.4 is 0 Å². The third-order valence-corrected chi connectivity index (χ3v) is 4.50. The Hall–Kier alpha value is -0.670. The van der Waals surface area contributed by atoms with E-state index in [1.165, 1.54) is 38.5 Å². The Kier molecular flexibility index (Phi) is 8.08. The van der Waals surface area contributed by atoms with Crippen LogP contribution in [0, 0.1) is 0 Å². The second-order valence-electron chi connectivity index (χ2n) is 5.90. The number of rotatable bonds is 10. The Morgan fingerprint density at radius 1 is 1.20 bits per heavy atom. The van der Waals surface area contributed by atoms with Gasteiger partial charge in [-0.1, -0.05) is 45.1 Å². The van der Waals surface area contributed by atoms with Crippen molar-refractivity contribution in [1.82, 2.24) is 0 Å². The standard InChI is InChI=1S/C17H33N2O/c1-4-6-7-8-9-10-11-12-13-17-18-14-15-19(17,5-2)16(3)20/h12-13,16,20H,4-11,14-15H2,1-3H3/q+1/b13-12+. The van der Waals surface area contributed by atoms with Crippen LogP contribution in [0.2, 0.25) is 0 Å². The molecule has 0 saturated heterocycles. The van der Waals surface area contributed by atoms with Crippen LogP contribution >= 0.6 is 0 Å². The highest BCUT2D eigenvalue weighted by atomic mass is 16.3. The molecule has 0 aromatic carbocycles. The zero-order valence-electron chi connectivity index (χ0n) is 13.6. The Balaban J connectivity index is 2.31. The molecule has 0 aliphatic carbocycles. The molecule has 1 N–H and O–H groups in total. The van der Waals surface area contributed by atoms with Gasteiger partial charge in [0.15, 0.2) is 6.23 Å². The van der Waals surface area contributed by atoms with Crippen molar-refractivity contribution < 1.29 is 9.59 Å². The number of hydrogen-bond donors (Lipinski definition) is 1. The number of nitrogens with zero attached hydrogens (tertiary/aromatic N) is 2. The molecule has 0 radical (unpaired) electrons. The first-order valence-corrected chi connectivity index (χ1v) is 8.43. The number of likely N-dealkylation sites (N-methyl/N-ethyl adjacent to an activating group) is 1. The summed E-state index contributed by atoms with van der Waals surface area (Å²) >= 11 is 0. The molecule has 0 bridgehead atoms. The normalized spacial score (nSPS) is 24.3. The largest absolute Gasteiger partial charge is 0.345 e. The van der Waals surface area contributed by atoms with Crippen molar-refractivity contribution in [1.29, 1.82) is 0 Å². The lowest BCUT2D eigenvalue weighted by Crippen LogP contribution is -2.56. The number of aliphatic hydroxyl groups is 1. The van der Waals surface area contributed by atoms with E-state index in [0.717, 1.165) is 31.9 Å². The molecule has 3 heteroatoms. The zero-order valence-corrected chi connectivity index (χ0v) is 13.6. The van der Waals surface area contributed by atoms with E-state index in [9.17, 15) is 5.11 Å². The first-order chi connectivity index (χ1) is 9.67. The van der Waals surface area contributed by atoms with Crippen molar-refractivity contribution >= 4 is 5.84 Å². The molecule has 2 unspecified atom stereocenters. The lowest BCUT2D eigenvalue weighted by atomic mass is 10.1. The Bertz CT molecular complexity index is 323. The fraction of sp³-hybridized carbons (Fsp3) is 0.824. The summed E-state index contributed by atoms with van der Waals surface area (Å²) in [5.41, 5.74) is 0. The molecule has 0 amide bonds. The van der Waals surface area contributed by atoms with E-state index >= 15 is 0 Å². The number of allylic oxidation sites excluding steroid dienone is 1. The van der Waals surface area contributed by atoms with Gasteiger partial charge in [-0.15, -0.1) is 0 Å². The molecule has 0 aromatic rings. The maximum Gasteiger partial charge on any atom is 0.224 e. The fourth-order valence-corrected chi connectivity index (χ4v) is 2.99. The molecule has 3 nitrogen and oxygen atoms in total. The average molecular weight is 281 g/mol. The molecular weight excluding hydrogens is 248 g/mol. The van der Waals surface area contributed by atoms with Crippen molar-refractivity contribution in [2.24, 2.45) is 4.99 Å². The summed E-state index contributed by atoms with van der Waals surface area (Å²) in [4.78, 5) is 4.58. The van der Waals surface area contributed by atoms with Gasteiger partial charge in [-0.25, -0.2) is 9.48 Å². The van der Waals surface area contributed by atoms with E-state index in [-0.39, 0.29) is 6.23 Å². The summed E-state index contributed by atoms with van der Waals surface area (Å²) in [5, 5.41) is 10.1. The molecule has 1 rings (SSSR count). The van der Waals surface area contributed by atoms with Crippen molar-refractivity contribution in [3.8, 4) is 0 Å². The molecule has 0 fully saturated rings. The van der Waals surface area contributed by atoms with Crippen molar-refractivity contribution in [2.75, 3.05) is 19.6 Å². The number of aliphatic imine (C=N–C) groups is 1. The quantitative estimate of drug-likeness (QED) is 0.478. The molecule has 20 heavy (non-hydrogen) atoms. The molecule has 0 aromatic heterocycles. The van der Waals surface area contributed by atoms with Gasteiger partial charge in [-0.3, -0.25) is 0 Å². The van der Waals surface area contributed by atoms with Crippen molar-refractivity contribution in [3.63, 3.8) is 0 Å². The minimum atomic E-state index is -0.361. The predicted octanol–water partition coefficient (Wildman–Crippen LogP) is 3.88. The highest BCUT2D eigenvalue weighted by Gasteiger charge is 2.39. The number of aliphatic hydroxyl groups excluding tert-OH is 1. The van der Waals surface area contributed by atoms with Crippen LogP contribution in [-0.2, 0) is 0 Å². The van der Waals surface area contributed by atoms with Crippen LogP contribution in [0.15, 0.2) is 17.1 Å². The van der Waals surface area contributed by atoms with Gasteiger partial charge in [-0.05, 0) is 19.8 Å². The number of unbranched alkanes of at least 4 members (excludes halogenated alkanes) is 6. The fourth-order valence-electron chi connectivity index (χ4n) is 2.99. The summed E-state index contributed by atoms with van der Waals surface area (Å²) in [7, 11) is 0. The molecule has 1 aliphatic rings. The van der Waals surface area contributed by atoms with Crippen LogP contribution in [0.3, 0.4) is 0 Å². The second kappa shape index (κ2) is 9.30. The smallest absolute Gasteiger partial charge is 0.224 e. The van der Waals surface area contributed by atoms with E-state index in [1.807, 2.05) is 6.92 Å². The Morgan fingerprint density at radius 3 is 2.55 bits per heavy atom. The molecule has 2 atom stereocenters. The minimum absolute atomic E-state index is 0.361. The van der Waals surface area contributed by atoms with Gasteiger partial charge in [0.2, 0.25) is 5.84 Å². The lowest BCUT2D eigenvalue weighted by molar-refractivity contribution is -0.880. The summed E-state index contributed by atoms with van der Waals surface area (Å²) in [6, 6.07) is 0. The van der Waals surface area contributed by atoms with Gasteiger partial charge in [0.05, 0.1) is 13.1 Å². The topological polar surface area (TPSA) is 32.6 Å². The van der Waals surface area contributed by atoms with Gasteiger partial charge in [-0.2, -0.15) is 0 Å². The van der Waals surface area contributed by atoms with Crippen LogP contribution in [0.25, 0.3) is 0 Å². The third kappa shape index (κ3) is 4.71. The number of quaternary nitrogens is 1.